The van der Waals surface area contributed by atoms with E-state index in [4.69, 9.17) is 5.73 Å². The van der Waals surface area contributed by atoms with Gasteiger partial charge in [0.25, 0.3) is 0 Å². The highest BCUT2D eigenvalue weighted by Gasteiger charge is 2.13. The van der Waals surface area contributed by atoms with Crippen LogP contribution in [0.5, 0.6) is 0 Å². The van der Waals surface area contributed by atoms with E-state index in [0.29, 0.717) is 5.82 Å². The molecule has 11 heavy (non-hydrogen) atoms. The normalized spacial score (nSPS) is 11.5. The molecule has 0 saturated carbocycles. The number of anilines is 1. The number of nitrogens with two attached hydrogens (primary N) is 1. The summed E-state index contributed by atoms with van der Waals surface area (Å²) in [5, 5.41) is 7.46. The Kier molecular flexibility index (Phi) is 1.81. The van der Waals surface area contributed by atoms with Crippen molar-refractivity contribution in [3.63, 3.8) is 0 Å². The highest BCUT2D eigenvalue weighted by Crippen LogP contribution is 2.21. The lowest BCUT2D eigenvalue weighted by molar-refractivity contribution is 0.585. The van der Waals surface area contributed by atoms with E-state index in [1.54, 1.807) is 6.20 Å². The zero-order chi connectivity index (χ0) is 8.48. The van der Waals surface area contributed by atoms with Crippen LogP contribution in [-0.4, -0.2) is 10.2 Å². The van der Waals surface area contributed by atoms with E-state index in [1.165, 1.54) is 0 Å². The van der Waals surface area contributed by atoms with Gasteiger partial charge >= 0.3 is 0 Å². The van der Waals surface area contributed by atoms with Crippen molar-refractivity contribution in [3.8, 4) is 0 Å². The minimum Gasteiger partial charge on any atom is -0.382 e. The Bertz CT molecular complexity index is 250. The van der Waals surface area contributed by atoms with E-state index >= 15 is 0 Å². The van der Waals surface area contributed by atoms with Crippen molar-refractivity contribution in [2.75, 3.05) is 5.73 Å². The quantitative estimate of drug-likeness (QED) is 0.609. The molecule has 0 aliphatic rings. The molecule has 1 aromatic heterocycles. The lowest BCUT2D eigenvalue weighted by Gasteiger charge is -2.17. The molecule has 0 amide bonds. The first-order chi connectivity index (χ1) is 5.00. The summed E-state index contributed by atoms with van der Waals surface area (Å²) in [6, 6.07) is 1.85. The number of rotatable bonds is 0. The van der Waals surface area contributed by atoms with Crippen LogP contribution in [0.15, 0.2) is 12.3 Å². The molecular weight excluding hydrogens is 138 g/mol. The van der Waals surface area contributed by atoms with Crippen molar-refractivity contribution in [1.29, 1.82) is 0 Å². The Morgan fingerprint density at radius 3 is 2.36 bits per heavy atom. The molecule has 1 rings (SSSR count). The number of hydrogen-bond acceptors (Lipinski definition) is 3. The SMILES string of the molecule is CC(C)(C)c1cnnc(N)c1. The number of hydrogen-bond donors (Lipinski definition) is 1. The third-order valence-electron chi connectivity index (χ3n) is 1.54. The smallest absolute Gasteiger partial charge is 0.146 e. The van der Waals surface area contributed by atoms with E-state index in [9.17, 15) is 0 Å². The minimum absolute atomic E-state index is 0.101. The molecular formula is C8H13N3. The molecule has 0 aromatic carbocycles. The van der Waals surface area contributed by atoms with Crippen molar-refractivity contribution in [2.24, 2.45) is 0 Å². The van der Waals surface area contributed by atoms with Crippen LogP contribution in [0.1, 0.15) is 26.3 Å². The van der Waals surface area contributed by atoms with Crippen molar-refractivity contribution in [2.45, 2.75) is 26.2 Å². The van der Waals surface area contributed by atoms with Gasteiger partial charge in [-0.3, -0.25) is 0 Å². The summed E-state index contributed by atoms with van der Waals surface area (Å²) in [5.74, 6) is 0.484. The van der Waals surface area contributed by atoms with Gasteiger partial charge < -0.3 is 5.73 Å². The van der Waals surface area contributed by atoms with E-state index in [2.05, 4.69) is 31.0 Å². The van der Waals surface area contributed by atoms with E-state index in [0.717, 1.165) is 5.56 Å². The Morgan fingerprint density at radius 1 is 1.36 bits per heavy atom. The molecule has 0 aliphatic carbocycles. The summed E-state index contributed by atoms with van der Waals surface area (Å²) >= 11 is 0. The van der Waals surface area contributed by atoms with Crippen LogP contribution >= 0.6 is 0 Å². The van der Waals surface area contributed by atoms with E-state index in [-0.39, 0.29) is 5.41 Å². The minimum atomic E-state index is 0.101. The van der Waals surface area contributed by atoms with Crippen molar-refractivity contribution in [3.05, 3.63) is 17.8 Å². The lowest BCUT2D eigenvalue weighted by Crippen LogP contribution is -2.12. The molecule has 0 atom stereocenters. The Hall–Kier alpha value is -1.12. The van der Waals surface area contributed by atoms with Crippen LogP contribution in [0.2, 0.25) is 0 Å². The molecule has 0 aliphatic heterocycles. The fraction of sp³-hybridized carbons (Fsp3) is 0.500. The van der Waals surface area contributed by atoms with Crippen molar-refractivity contribution in [1.82, 2.24) is 10.2 Å². The maximum atomic E-state index is 5.48. The molecule has 0 radical (unpaired) electrons. The predicted molar refractivity (Wildman–Crippen MR) is 45.1 cm³/mol. The number of aromatic nitrogens is 2. The largest absolute Gasteiger partial charge is 0.382 e. The zero-order valence-electron chi connectivity index (χ0n) is 7.13. The maximum absolute atomic E-state index is 5.48. The van der Waals surface area contributed by atoms with E-state index < -0.39 is 0 Å². The molecule has 3 heteroatoms. The summed E-state index contributed by atoms with van der Waals surface area (Å²) in [7, 11) is 0. The van der Waals surface area contributed by atoms with E-state index in [1.807, 2.05) is 6.07 Å². The zero-order valence-corrected chi connectivity index (χ0v) is 7.13. The fourth-order valence-electron chi connectivity index (χ4n) is 0.793. The second-order valence-corrected chi connectivity index (χ2v) is 3.62. The molecule has 0 saturated heterocycles. The van der Waals surface area contributed by atoms with Crippen LogP contribution in [0.25, 0.3) is 0 Å². The molecule has 0 fully saturated rings. The third kappa shape index (κ3) is 1.90. The van der Waals surface area contributed by atoms with Crippen LogP contribution in [0.3, 0.4) is 0 Å². The molecule has 2 N–H and O–H groups in total. The summed E-state index contributed by atoms with van der Waals surface area (Å²) < 4.78 is 0. The summed E-state index contributed by atoms with van der Waals surface area (Å²) in [5.41, 5.74) is 6.70. The first-order valence-electron chi connectivity index (χ1n) is 3.59. The van der Waals surface area contributed by atoms with Gasteiger partial charge in [0.15, 0.2) is 0 Å². The highest BCUT2D eigenvalue weighted by molar-refractivity contribution is 5.32. The Morgan fingerprint density at radius 2 is 2.00 bits per heavy atom. The highest BCUT2D eigenvalue weighted by atomic mass is 15.1. The van der Waals surface area contributed by atoms with Gasteiger partial charge in [0.2, 0.25) is 0 Å². The number of nitrogens with zero attached hydrogens (tertiary/aromatic N) is 2. The van der Waals surface area contributed by atoms with Crippen LogP contribution in [0.4, 0.5) is 5.82 Å². The predicted octanol–water partition coefficient (Wildman–Crippen LogP) is 1.36. The Balaban J connectivity index is 3.06. The first kappa shape index (κ1) is 7.98. The molecule has 1 heterocycles. The van der Waals surface area contributed by atoms with Crippen LogP contribution < -0.4 is 5.73 Å². The Labute approximate surface area is 66.6 Å². The fourth-order valence-corrected chi connectivity index (χ4v) is 0.793. The maximum Gasteiger partial charge on any atom is 0.146 e. The average Bonchev–Trinajstić information content (AvgIpc) is 1.86. The molecule has 3 nitrogen and oxygen atoms in total. The van der Waals surface area contributed by atoms with Gasteiger partial charge in [0, 0.05) is 0 Å². The molecule has 0 spiro atoms. The second kappa shape index (κ2) is 2.49. The van der Waals surface area contributed by atoms with Crippen LogP contribution in [-0.2, 0) is 5.41 Å². The van der Waals surface area contributed by atoms with Gasteiger partial charge in [-0.1, -0.05) is 20.8 Å². The molecule has 0 unspecified atom stereocenters. The molecule has 60 valence electrons. The first-order valence-corrected chi connectivity index (χ1v) is 3.59. The standard InChI is InChI=1S/C8H13N3/c1-8(2,3)6-4-7(9)11-10-5-6/h4-5H,1-3H3,(H2,9,11). The van der Waals surface area contributed by atoms with Gasteiger partial charge in [-0.15, -0.1) is 5.10 Å². The van der Waals surface area contributed by atoms with Crippen molar-refractivity contribution >= 4 is 5.82 Å². The number of nitrogen functional groups attached to an aromatic ring is 1. The topological polar surface area (TPSA) is 51.8 Å². The third-order valence-corrected chi connectivity index (χ3v) is 1.54. The second-order valence-electron chi connectivity index (χ2n) is 3.62. The average molecular weight is 151 g/mol. The summed E-state index contributed by atoms with van der Waals surface area (Å²) in [6.07, 6.45) is 1.75. The van der Waals surface area contributed by atoms with Gasteiger partial charge in [-0.05, 0) is 17.0 Å². The summed E-state index contributed by atoms with van der Waals surface area (Å²) in [4.78, 5) is 0. The monoisotopic (exact) mass is 151 g/mol. The van der Waals surface area contributed by atoms with Crippen molar-refractivity contribution < 1.29 is 0 Å². The van der Waals surface area contributed by atoms with Gasteiger partial charge in [0.1, 0.15) is 5.82 Å². The molecule has 1 aromatic rings. The van der Waals surface area contributed by atoms with Gasteiger partial charge in [-0.2, -0.15) is 5.10 Å². The van der Waals surface area contributed by atoms with Gasteiger partial charge in [-0.25, -0.2) is 0 Å². The summed E-state index contributed by atoms with van der Waals surface area (Å²) in [6.45, 7) is 6.34. The van der Waals surface area contributed by atoms with Crippen LogP contribution in [0, 0.1) is 0 Å². The van der Waals surface area contributed by atoms with Gasteiger partial charge in [0.05, 0.1) is 6.20 Å². The molecule has 0 bridgehead atoms. The lowest BCUT2D eigenvalue weighted by atomic mass is 9.89.